The smallest absolute Gasteiger partial charge is 0.336 e. The molecular formula is C19H23ClN2O5. The van der Waals surface area contributed by atoms with Gasteiger partial charge in [-0.25, -0.2) is 9.59 Å². The van der Waals surface area contributed by atoms with Gasteiger partial charge >= 0.3 is 11.9 Å². The minimum absolute atomic E-state index is 0.106. The summed E-state index contributed by atoms with van der Waals surface area (Å²) in [5, 5.41) is 3.49. The predicted molar refractivity (Wildman–Crippen MR) is 101 cm³/mol. The summed E-state index contributed by atoms with van der Waals surface area (Å²) in [6, 6.07) is 7.01. The molecule has 7 nitrogen and oxygen atoms in total. The summed E-state index contributed by atoms with van der Waals surface area (Å²) in [6.07, 6.45) is 0. The van der Waals surface area contributed by atoms with E-state index in [1.807, 2.05) is 0 Å². The molecule has 2 rings (SSSR count). The van der Waals surface area contributed by atoms with E-state index in [1.165, 1.54) is 14.2 Å². The van der Waals surface area contributed by atoms with E-state index in [-0.39, 0.29) is 17.8 Å². The van der Waals surface area contributed by atoms with Crippen LogP contribution in [0.4, 0.5) is 0 Å². The summed E-state index contributed by atoms with van der Waals surface area (Å²) in [5.41, 5.74) is 7.63. The molecule has 0 saturated heterocycles. The topological polar surface area (TPSA) is 99.9 Å². The molecule has 146 valence electrons. The van der Waals surface area contributed by atoms with Crippen LogP contribution in [0.3, 0.4) is 0 Å². The molecule has 0 amide bonds. The zero-order valence-corrected chi connectivity index (χ0v) is 16.3. The van der Waals surface area contributed by atoms with Crippen molar-refractivity contribution in [3.8, 4) is 0 Å². The van der Waals surface area contributed by atoms with Gasteiger partial charge in [-0.05, 0) is 18.6 Å². The Morgan fingerprint density at radius 3 is 2.37 bits per heavy atom. The van der Waals surface area contributed by atoms with Crippen molar-refractivity contribution in [1.29, 1.82) is 0 Å². The Hall–Kier alpha value is -2.35. The number of dihydropyridines is 1. The summed E-state index contributed by atoms with van der Waals surface area (Å²) in [7, 11) is 2.56. The number of allylic oxidation sites excluding steroid dienone is 1. The largest absolute Gasteiger partial charge is 0.466 e. The first-order chi connectivity index (χ1) is 13.0. The van der Waals surface area contributed by atoms with Gasteiger partial charge in [0.05, 0.1) is 50.2 Å². The highest BCUT2D eigenvalue weighted by atomic mass is 35.5. The Bertz CT molecular complexity index is 788. The van der Waals surface area contributed by atoms with Crippen molar-refractivity contribution in [2.45, 2.75) is 12.8 Å². The predicted octanol–water partition coefficient (Wildman–Crippen LogP) is 1.88. The average molecular weight is 395 g/mol. The fourth-order valence-corrected chi connectivity index (χ4v) is 3.26. The van der Waals surface area contributed by atoms with Gasteiger partial charge in [0.25, 0.3) is 0 Å². The van der Waals surface area contributed by atoms with Crippen LogP contribution in [-0.2, 0) is 23.8 Å². The Kier molecular flexibility index (Phi) is 7.41. The summed E-state index contributed by atoms with van der Waals surface area (Å²) in [5.74, 6) is -1.91. The molecule has 1 atom stereocenters. The Balaban J connectivity index is 2.67. The average Bonchev–Trinajstić information content (AvgIpc) is 2.67. The molecule has 1 aromatic rings. The van der Waals surface area contributed by atoms with Crippen LogP contribution in [0.1, 0.15) is 18.4 Å². The molecule has 0 spiro atoms. The maximum Gasteiger partial charge on any atom is 0.336 e. The lowest BCUT2D eigenvalue weighted by Gasteiger charge is -2.31. The summed E-state index contributed by atoms with van der Waals surface area (Å²) in [4.78, 5) is 25.2. The third-order valence-corrected chi connectivity index (χ3v) is 4.52. The van der Waals surface area contributed by atoms with Gasteiger partial charge in [-0.1, -0.05) is 29.8 Å². The molecule has 1 heterocycles. The second kappa shape index (κ2) is 9.55. The first-order valence-corrected chi connectivity index (χ1v) is 8.73. The quantitative estimate of drug-likeness (QED) is 0.538. The van der Waals surface area contributed by atoms with E-state index in [2.05, 4.69) is 5.32 Å². The number of esters is 2. The second-order valence-corrected chi connectivity index (χ2v) is 6.24. The molecule has 1 unspecified atom stereocenters. The number of nitrogens with one attached hydrogen (secondary N) is 1. The number of nitrogens with two attached hydrogens (primary N) is 1. The second-order valence-electron chi connectivity index (χ2n) is 5.83. The third kappa shape index (κ3) is 4.50. The van der Waals surface area contributed by atoms with Gasteiger partial charge in [0.2, 0.25) is 0 Å². The molecule has 8 heteroatoms. The van der Waals surface area contributed by atoms with E-state index in [0.717, 1.165) is 0 Å². The highest BCUT2D eigenvalue weighted by Crippen LogP contribution is 2.41. The maximum atomic E-state index is 12.7. The van der Waals surface area contributed by atoms with Gasteiger partial charge in [0, 0.05) is 17.3 Å². The molecule has 1 aliphatic heterocycles. The third-order valence-electron chi connectivity index (χ3n) is 4.18. The molecule has 1 aromatic carbocycles. The van der Waals surface area contributed by atoms with Gasteiger partial charge in [-0.3, -0.25) is 0 Å². The first-order valence-electron chi connectivity index (χ1n) is 8.35. The molecular weight excluding hydrogens is 372 g/mol. The number of carbonyl (C=O) groups is 2. The van der Waals surface area contributed by atoms with Crippen LogP contribution < -0.4 is 11.1 Å². The number of halogens is 1. The van der Waals surface area contributed by atoms with Crippen molar-refractivity contribution in [3.05, 3.63) is 57.4 Å². The molecule has 3 N–H and O–H groups in total. The molecule has 0 fully saturated rings. The standard InChI is InChI=1S/C19H23ClN2O5/c1-11-15(18(23)25-2)16(12-6-4-5-7-13(12)20)17(19(24)26-3)14(22-11)10-27-9-8-21/h4-7,16,22H,8-10,21H2,1-3H3. The Morgan fingerprint density at radius 2 is 1.78 bits per heavy atom. The summed E-state index contributed by atoms with van der Waals surface area (Å²) < 4.78 is 15.4. The SMILES string of the molecule is COC(=O)C1=C(C)NC(COCCN)=C(C(=O)OC)C1c1ccccc1Cl. The van der Waals surface area contributed by atoms with Gasteiger partial charge in [0.15, 0.2) is 0 Å². The van der Waals surface area contributed by atoms with Crippen molar-refractivity contribution in [1.82, 2.24) is 5.32 Å². The molecule has 0 saturated carbocycles. The first kappa shape index (κ1) is 21.0. The van der Waals surface area contributed by atoms with Gasteiger partial charge in [0.1, 0.15) is 0 Å². The molecule has 0 radical (unpaired) electrons. The summed E-state index contributed by atoms with van der Waals surface area (Å²) in [6.45, 7) is 2.50. The molecule has 1 aliphatic rings. The minimum atomic E-state index is -0.753. The van der Waals surface area contributed by atoms with E-state index in [1.54, 1.807) is 31.2 Å². The van der Waals surface area contributed by atoms with Crippen molar-refractivity contribution in [3.63, 3.8) is 0 Å². The monoisotopic (exact) mass is 394 g/mol. The number of carbonyl (C=O) groups excluding carboxylic acids is 2. The van der Waals surface area contributed by atoms with Crippen LogP contribution in [0.5, 0.6) is 0 Å². The van der Waals surface area contributed by atoms with E-state index >= 15 is 0 Å². The van der Waals surface area contributed by atoms with Crippen molar-refractivity contribution >= 4 is 23.5 Å². The van der Waals surface area contributed by atoms with Crippen LogP contribution in [0.15, 0.2) is 46.8 Å². The van der Waals surface area contributed by atoms with E-state index in [4.69, 9.17) is 31.5 Å². The van der Waals surface area contributed by atoms with Crippen LogP contribution in [0.25, 0.3) is 0 Å². The van der Waals surface area contributed by atoms with Crippen LogP contribution >= 0.6 is 11.6 Å². The van der Waals surface area contributed by atoms with E-state index in [9.17, 15) is 9.59 Å². The number of methoxy groups -OCH3 is 2. The van der Waals surface area contributed by atoms with Crippen LogP contribution in [-0.4, -0.2) is 45.9 Å². The van der Waals surface area contributed by atoms with E-state index in [0.29, 0.717) is 35.1 Å². The van der Waals surface area contributed by atoms with Gasteiger partial charge < -0.3 is 25.3 Å². The van der Waals surface area contributed by atoms with Gasteiger partial charge in [-0.2, -0.15) is 0 Å². The minimum Gasteiger partial charge on any atom is -0.466 e. The highest BCUT2D eigenvalue weighted by Gasteiger charge is 2.39. The van der Waals surface area contributed by atoms with Crippen molar-refractivity contribution in [2.75, 3.05) is 34.0 Å². The maximum absolute atomic E-state index is 12.7. The fourth-order valence-electron chi connectivity index (χ4n) is 3.02. The van der Waals surface area contributed by atoms with Crippen molar-refractivity contribution < 1.29 is 23.8 Å². The molecule has 0 aromatic heterocycles. The zero-order chi connectivity index (χ0) is 20.0. The lowest BCUT2D eigenvalue weighted by Crippen LogP contribution is -2.34. The fraction of sp³-hybridized carbons (Fsp3) is 0.368. The van der Waals surface area contributed by atoms with Crippen LogP contribution in [0, 0.1) is 0 Å². The Labute approximate surface area is 163 Å². The molecule has 0 bridgehead atoms. The van der Waals surface area contributed by atoms with Gasteiger partial charge in [-0.15, -0.1) is 0 Å². The van der Waals surface area contributed by atoms with Crippen LogP contribution in [0.2, 0.25) is 5.02 Å². The number of benzene rings is 1. The Morgan fingerprint density at radius 1 is 1.15 bits per heavy atom. The lowest BCUT2D eigenvalue weighted by molar-refractivity contribution is -0.137. The number of rotatable bonds is 7. The number of hydrogen-bond acceptors (Lipinski definition) is 7. The van der Waals surface area contributed by atoms with Crippen molar-refractivity contribution in [2.24, 2.45) is 5.73 Å². The normalized spacial score (nSPS) is 16.9. The number of ether oxygens (including phenoxy) is 3. The van der Waals surface area contributed by atoms with E-state index < -0.39 is 17.9 Å². The lowest BCUT2D eigenvalue weighted by atomic mass is 9.80. The number of hydrogen-bond donors (Lipinski definition) is 2. The molecule has 0 aliphatic carbocycles. The highest BCUT2D eigenvalue weighted by molar-refractivity contribution is 6.31. The summed E-state index contributed by atoms with van der Waals surface area (Å²) >= 11 is 6.39. The zero-order valence-electron chi connectivity index (χ0n) is 15.5. The molecule has 27 heavy (non-hydrogen) atoms.